The van der Waals surface area contributed by atoms with E-state index < -0.39 is 0 Å². The maximum Gasteiger partial charge on any atom is 0.104 e. The van der Waals surface area contributed by atoms with Gasteiger partial charge in [-0.05, 0) is 12.8 Å². The highest BCUT2D eigenvalue weighted by atomic mass is 16.5. The topological polar surface area (TPSA) is 38.7 Å². The molecule has 0 aromatic rings. The molecule has 1 unspecified atom stereocenters. The Labute approximate surface area is 177 Å². The van der Waals surface area contributed by atoms with Crippen LogP contribution in [-0.4, -0.2) is 37.6 Å². The Hall–Kier alpha value is -0.120. The van der Waals surface area contributed by atoms with Crippen molar-refractivity contribution in [2.75, 3.05) is 26.4 Å². The van der Waals surface area contributed by atoms with Crippen LogP contribution in [0.3, 0.4) is 0 Å². The van der Waals surface area contributed by atoms with Crippen LogP contribution in [0.15, 0.2) is 0 Å². The van der Waals surface area contributed by atoms with Crippen molar-refractivity contribution in [2.24, 2.45) is 0 Å². The van der Waals surface area contributed by atoms with Crippen molar-refractivity contribution in [3.05, 3.63) is 0 Å². The van der Waals surface area contributed by atoms with Gasteiger partial charge < -0.3 is 14.6 Å². The second kappa shape index (κ2) is 24.9. The van der Waals surface area contributed by atoms with Crippen molar-refractivity contribution in [1.29, 1.82) is 0 Å². The molecule has 0 aliphatic rings. The van der Waals surface area contributed by atoms with Crippen molar-refractivity contribution in [3.8, 4) is 0 Å². The zero-order chi connectivity index (χ0) is 20.5. The predicted molar refractivity (Wildman–Crippen MR) is 122 cm³/mol. The summed E-state index contributed by atoms with van der Waals surface area (Å²) in [4.78, 5) is 0. The molecule has 0 fully saturated rings. The van der Waals surface area contributed by atoms with Crippen LogP contribution < -0.4 is 0 Å². The lowest BCUT2D eigenvalue weighted by Crippen LogP contribution is -2.24. The number of ether oxygens (including phenoxy) is 2. The average Bonchev–Trinajstić information content (AvgIpc) is 2.71. The van der Waals surface area contributed by atoms with E-state index in [0.29, 0.717) is 6.61 Å². The van der Waals surface area contributed by atoms with Crippen LogP contribution >= 0.6 is 0 Å². The highest BCUT2D eigenvalue weighted by Crippen LogP contribution is 2.11. The maximum absolute atomic E-state index is 9.42. The van der Waals surface area contributed by atoms with Crippen molar-refractivity contribution in [1.82, 2.24) is 0 Å². The Kier molecular flexibility index (Phi) is 24.8. The van der Waals surface area contributed by atoms with Gasteiger partial charge in [0, 0.05) is 13.2 Å². The van der Waals surface area contributed by atoms with E-state index in [1.165, 1.54) is 103 Å². The Balaban J connectivity index is 3.27. The van der Waals surface area contributed by atoms with Gasteiger partial charge in [-0.2, -0.15) is 0 Å². The van der Waals surface area contributed by atoms with Crippen molar-refractivity contribution in [2.45, 2.75) is 136 Å². The third-order valence-corrected chi connectivity index (χ3v) is 5.50. The number of aliphatic hydroxyl groups excluding tert-OH is 1. The fourth-order valence-electron chi connectivity index (χ4n) is 3.55. The van der Waals surface area contributed by atoms with E-state index in [4.69, 9.17) is 9.47 Å². The Bertz CT molecular complexity index is 271. The molecule has 3 nitrogen and oxygen atoms in total. The molecule has 0 amide bonds. The normalized spacial score (nSPS) is 12.5. The minimum atomic E-state index is -0.146. The van der Waals surface area contributed by atoms with Gasteiger partial charge in [-0.15, -0.1) is 0 Å². The number of hydrogen-bond donors (Lipinski definition) is 1. The summed E-state index contributed by atoms with van der Waals surface area (Å²) >= 11 is 0. The van der Waals surface area contributed by atoms with Gasteiger partial charge in [0.15, 0.2) is 0 Å². The summed E-state index contributed by atoms with van der Waals surface area (Å²) in [5, 5.41) is 9.42. The molecule has 0 aliphatic heterocycles. The summed E-state index contributed by atoms with van der Waals surface area (Å²) in [6, 6.07) is 0. The third kappa shape index (κ3) is 22.2. The van der Waals surface area contributed by atoms with Crippen LogP contribution in [0.2, 0.25) is 0 Å². The second-order valence-electron chi connectivity index (χ2n) is 8.41. The van der Waals surface area contributed by atoms with Crippen LogP contribution in [0.4, 0.5) is 0 Å². The molecule has 0 saturated heterocycles. The summed E-state index contributed by atoms with van der Waals surface area (Å²) in [6.45, 7) is 6.68. The summed E-state index contributed by atoms with van der Waals surface area (Å²) in [6.07, 6.45) is 23.8. The van der Waals surface area contributed by atoms with Gasteiger partial charge in [0.05, 0.1) is 13.2 Å². The van der Waals surface area contributed by atoms with Crippen LogP contribution in [0.5, 0.6) is 0 Å². The first-order chi connectivity index (χ1) is 13.8. The molecule has 0 aromatic carbocycles. The molecule has 3 heteroatoms. The van der Waals surface area contributed by atoms with Gasteiger partial charge in [0.25, 0.3) is 0 Å². The highest BCUT2D eigenvalue weighted by molar-refractivity contribution is 4.55. The molecule has 0 aromatic heterocycles. The van der Waals surface area contributed by atoms with Crippen molar-refractivity contribution in [3.63, 3.8) is 0 Å². The molecule has 0 heterocycles. The predicted octanol–water partition coefficient (Wildman–Crippen LogP) is 7.44. The molecule has 0 spiro atoms. The van der Waals surface area contributed by atoms with E-state index in [0.717, 1.165) is 26.1 Å². The molecule has 28 heavy (non-hydrogen) atoms. The first-order valence-electron chi connectivity index (χ1n) is 12.6. The van der Waals surface area contributed by atoms with E-state index in [9.17, 15) is 5.11 Å². The first kappa shape index (κ1) is 27.9. The molecule has 0 radical (unpaired) electrons. The number of unbranched alkanes of at least 4 members (excludes halogenated alkanes) is 16. The van der Waals surface area contributed by atoms with Gasteiger partial charge in [0.1, 0.15) is 6.10 Å². The number of aliphatic hydroxyl groups is 1. The standard InChI is InChI=1S/C25H52O3/c1-3-5-7-9-11-13-14-15-17-19-21-27-24-25(23-26)28-22-20-18-16-12-10-8-6-4-2/h25-26H,3-24H2,1-2H3. The monoisotopic (exact) mass is 400 g/mol. The molecule has 0 saturated carbocycles. The fraction of sp³-hybridized carbons (Fsp3) is 1.00. The van der Waals surface area contributed by atoms with E-state index in [-0.39, 0.29) is 12.7 Å². The zero-order valence-corrected chi connectivity index (χ0v) is 19.4. The van der Waals surface area contributed by atoms with Gasteiger partial charge in [0.2, 0.25) is 0 Å². The lowest BCUT2D eigenvalue weighted by Gasteiger charge is -2.15. The van der Waals surface area contributed by atoms with E-state index in [1.54, 1.807) is 0 Å². The summed E-state index contributed by atoms with van der Waals surface area (Å²) in [5.41, 5.74) is 0. The quantitative estimate of drug-likeness (QED) is 0.171. The third-order valence-electron chi connectivity index (χ3n) is 5.50. The molecule has 0 aliphatic carbocycles. The molecule has 1 atom stereocenters. The van der Waals surface area contributed by atoms with Crippen LogP contribution in [0.25, 0.3) is 0 Å². The average molecular weight is 401 g/mol. The van der Waals surface area contributed by atoms with Crippen molar-refractivity contribution < 1.29 is 14.6 Å². The summed E-state index contributed by atoms with van der Waals surface area (Å²) in [7, 11) is 0. The van der Waals surface area contributed by atoms with Gasteiger partial charge >= 0.3 is 0 Å². The fourth-order valence-corrected chi connectivity index (χ4v) is 3.55. The Morgan fingerprint density at radius 1 is 0.536 bits per heavy atom. The van der Waals surface area contributed by atoms with E-state index in [2.05, 4.69) is 13.8 Å². The minimum absolute atomic E-state index is 0.0645. The Morgan fingerprint density at radius 3 is 1.36 bits per heavy atom. The first-order valence-corrected chi connectivity index (χ1v) is 12.6. The second-order valence-corrected chi connectivity index (χ2v) is 8.41. The SMILES string of the molecule is CCCCCCCCCCCCOCC(CO)OCCCCCCCCCC. The van der Waals surface area contributed by atoms with E-state index >= 15 is 0 Å². The van der Waals surface area contributed by atoms with Gasteiger partial charge in [-0.1, -0.05) is 117 Å². The van der Waals surface area contributed by atoms with Crippen molar-refractivity contribution >= 4 is 0 Å². The smallest absolute Gasteiger partial charge is 0.104 e. The van der Waals surface area contributed by atoms with Gasteiger partial charge in [-0.3, -0.25) is 0 Å². The van der Waals surface area contributed by atoms with Crippen LogP contribution in [0.1, 0.15) is 129 Å². The highest BCUT2D eigenvalue weighted by Gasteiger charge is 2.07. The molecule has 1 N–H and O–H groups in total. The molecule has 0 rings (SSSR count). The van der Waals surface area contributed by atoms with Crippen LogP contribution in [0, 0.1) is 0 Å². The lowest BCUT2D eigenvalue weighted by molar-refractivity contribution is -0.0437. The Morgan fingerprint density at radius 2 is 0.929 bits per heavy atom. The molecule has 0 bridgehead atoms. The summed E-state index contributed by atoms with van der Waals surface area (Å²) < 4.78 is 11.5. The zero-order valence-electron chi connectivity index (χ0n) is 19.4. The van der Waals surface area contributed by atoms with Gasteiger partial charge in [-0.25, -0.2) is 0 Å². The molecular formula is C25H52O3. The van der Waals surface area contributed by atoms with E-state index in [1.807, 2.05) is 0 Å². The molecular weight excluding hydrogens is 348 g/mol. The van der Waals surface area contributed by atoms with Crippen LogP contribution in [-0.2, 0) is 9.47 Å². The number of hydrogen-bond acceptors (Lipinski definition) is 3. The summed E-state index contributed by atoms with van der Waals surface area (Å²) in [5.74, 6) is 0. The molecule has 170 valence electrons. The lowest BCUT2D eigenvalue weighted by atomic mass is 10.1. The minimum Gasteiger partial charge on any atom is -0.394 e. The number of rotatable bonds is 24. The maximum atomic E-state index is 9.42. The largest absolute Gasteiger partial charge is 0.394 e.